The zero-order valence-electron chi connectivity index (χ0n) is 13.4. The van der Waals surface area contributed by atoms with Crippen LogP contribution in [0.15, 0.2) is 52.9 Å². The fourth-order valence-corrected chi connectivity index (χ4v) is 3.03. The fourth-order valence-electron chi connectivity index (χ4n) is 2.37. The van der Waals surface area contributed by atoms with Gasteiger partial charge in [0.15, 0.2) is 11.5 Å². The van der Waals surface area contributed by atoms with Crippen molar-refractivity contribution in [3.63, 3.8) is 0 Å². The van der Waals surface area contributed by atoms with Crippen molar-refractivity contribution in [2.45, 2.75) is 0 Å². The average Bonchev–Trinajstić information content (AvgIpc) is 3.31. The topological polar surface area (TPSA) is 65.0 Å². The van der Waals surface area contributed by atoms with E-state index in [1.54, 1.807) is 13.3 Å². The molecular weight excluding hydrogens is 338 g/mol. The Morgan fingerprint density at radius 1 is 1.16 bits per heavy atom. The van der Waals surface area contributed by atoms with Crippen LogP contribution in [0.3, 0.4) is 0 Å². The molecule has 1 aliphatic heterocycles. The van der Waals surface area contributed by atoms with E-state index in [4.69, 9.17) is 14.2 Å². The van der Waals surface area contributed by atoms with Gasteiger partial charge in [0.05, 0.1) is 19.0 Å². The summed E-state index contributed by atoms with van der Waals surface area (Å²) < 4.78 is 15.9. The molecule has 0 bridgehead atoms. The van der Waals surface area contributed by atoms with E-state index in [1.807, 2.05) is 47.8 Å². The van der Waals surface area contributed by atoms with E-state index in [0.29, 0.717) is 0 Å². The molecule has 0 saturated carbocycles. The molecule has 0 unspecified atom stereocenters. The van der Waals surface area contributed by atoms with E-state index in [9.17, 15) is 0 Å². The lowest BCUT2D eigenvalue weighted by molar-refractivity contribution is 0.174. The normalized spacial score (nSPS) is 12.5. The number of ether oxygens (including phenoxy) is 3. The maximum Gasteiger partial charge on any atom is 0.231 e. The van der Waals surface area contributed by atoms with Gasteiger partial charge >= 0.3 is 0 Å². The molecule has 0 aliphatic carbocycles. The van der Waals surface area contributed by atoms with Crippen molar-refractivity contribution < 1.29 is 14.2 Å². The fraction of sp³-hybridized carbons (Fsp3) is 0.111. The minimum atomic E-state index is 0.267. The summed E-state index contributed by atoms with van der Waals surface area (Å²) in [6.07, 6.45) is 1.74. The Kier molecular flexibility index (Phi) is 4.22. The number of benzene rings is 2. The highest BCUT2D eigenvalue weighted by molar-refractivity contribution is 7.14. The number of thiazole rings is 1. The molecule has 1 N–H and O–H groups in total. The molecule has 2 aromatic carbocycles. The van der Waals surface area contributed by atoms with Gasteiger partial charge in [0, 0.05) is 10.9 Å². The minimum Gasteiger partial charge on any atom is -0.497 e. The lowest BCUT2D eigenvalue weighted by atomic mass is 10.1. The van der Waals surface area contributed by atoms with Crippen LogP contribution in [0.5, 0.6) is 17.2 Å². The number of hydrogen-bond donors (Lipinski definition) is 1. The molecule has 3 aromatic rings. The van der Waals surface area contributed by atoms with Crippen molar-refractivity contribution >= 4 is 22.7 Å². The number of nitrogens with zero attached hydrogens (tertiary/aromatic N) is 2. The van der Waals surface area contributed by atoms with Gasteiger partial charge in [-0.25, -0.2) is 4.98 Å². The SMILES string of the molecule is COc1ccc(C=NNc2nc(-c3ccc4c(c3)OCO4)cs2)cc1. The van der Waals surface area contributed by atoms with E-state index < -0.39 is 0 Å². The van der Waals surface area contributed by atoms with Gasteiger partial charge in [-0.15, -0.1) is 11.3 Å². The molecule has 1 aromatic heterocycles. The van der Waals surface area contributed by atoms with E-state index in [-0.39, 0.29) is 6.79 Å². The summed E-state index contributed by atoms with van der Waals surface area (Å²) in [5.74, 6) is 2.33. The van der Waals surface area contributed by atoms with Crippen molar-refractivity contribution in [2.24, 2.45) is 5.10 Å². The highest BCUT2D eigenvalue weighted by Crippen LogP contribution is 2.36. The number of anilines is 1. The molecule has 25 heavy (non-hydrogen) atoms. The van der Waals surface area contributed by atoms with E-state index in [1.165, 1.54) is 11.3 Å². The zero-order chi connectivity index (χ0) is 17.1. The third-order valence-electron chi connectivity index (χ3n) is 3.66. The van der Waals surface area contributed by atoms with Gasteiger partial charge in [-0.3, -0.25) is 5.43 Å². The Morgan fingerprint density at radius 3 is 2.84 bits per heavy atom. The lowest BCUT2D eigenvalue weighted by Crippen LogP contribution is -1.92. The van der Waals surface area contributed by atoms with Crippen LogP contribution in [-0.4, -0.2) is 25.1 Å². The van der Waals surface area contributed by atoms with Gasteiger partial charge in [-0.1, -0.05) is 0 Å². The zero-order valence-corrected chi connectivity index (χ0v) is 14.2. The van der Waals surface area contributed by atoms with Crippen LogP contribution < -0.4 is 19.6 Å². The largest absolute Gasteiger partial charge is 0.497 e. The minimum absolute atomic E-state index is 0.267. The van der Waals surface area contributed by atoms with E-state index in [0.717, 1.165) is 39.2 Å². The maximum absolute atomic E-state index is 5.40. The first kappa shape index (κ1) is 15.5. The first-order valence-corrected chi connectivity index (χ1v) is 8.48. The van der Waals surface area contributed by atoms with Gasteiger partial charge in [0.1, 0.15) is 5.75 Å². The Morgan fingerprint density at radius 2 is 2.00 bits per heavy atom. The number of hydrogen-bond acceptors (Lipinski definition) is 7. The third-order valence-corrected chi connectivity index (χ3v) is 4.41. The van der Waals surface area contributed by atoms with E-state index >= 15 is 0 Å². The second-order valence-electron chi connectivity index (χ2n) is 5.25. The lowest BCUT2D eigenvalue weighted by Gasteiger charge is -2.00. The standard InChI is InChI=1S/C18H15N3O3S/c1-22-14-5-2-12(3-6-14)9-19-21-18-20-15(10-25-18)13-4-7-16-17(8-13)24-11-23-16/h2-10H,11H2,1H3,(H,20,21). The van der Waals surface area contributed by atoms with Crippen LogP contribution in [0, 0.1) is 0 Å². The molecule has 0 saturated heterocycles. The molecule has 6 nitrogen and oxygen atoms in total. The smallest absolute Gasteiger partial charge is 0.231 e. The summed E-state index contributed by atoms with van der Waals surface area (Å²) in [5, 5.41) is 6.91. The van der Waals surface area contributed by atoms with Gasteiger partial charge in [-0.05, 0) is 48.0 Å². The first-order chi connectivity index (χ1) is 12.3. The highest BCUT2D eigenvalue weighted by Gasteiger charge is 2.14. The monoisotopic (exact) mass is 353 g/mol. The third kappa shape index (κ3) is 3.41. The quantitative estimate of drug-likeness (QED) is 0.555. The van der Waals surface area contributed by atoms with E-state index in [2.05, 4.69) is 15.5 Å². The van der Waals surface area contributed by atoms with Crippen LogP contribution in [-0.2, 0) is 0 Å². The molecule has 2 heterocycles. The predicted octanol–water partition coefficient (Wildman–Crippen LogP) is 3.99. The molecule has 126 valence electrons. The van der Waals surface area contributed by atoms with Crippen molar-refractivity contribution in [1.29, 1.82) is 0 Å². The first-order valence-electron chi connectivity index (χ1n) is 7.60. The Bertz CT molecular complexity index is 906. The van der Waals surface area contributed by atoms with Gasteiger partial charge < -0.3 is 14.2 Å². The predicted molar refractivity (Wildman–Crippen MR) is 97.9 cm³/mol. The molecule has 7 heteroatoms. The summed E-state index contributed by atoms with van der Waals surface area (Å²) in [5.41, 5.74) is 5.77. The molecule has 4 rings (SSSR count). The summed E-state index contributed by atoms with van der Waals surface area (Å²) in [6, 6.07) is 13.4. The highest BCUT2D eigenvalue weighted by atomic mass is 32.1. The molecule has 0 spiro atoms. The summed E-state index contributed by atoms with van der Waals surface area (Å²) in [6.45, 7) is 0.267. The van der Waals surface area contributed by atoms with Gasteiger partial charge in [-0.2, -0.15) is 5.10 Å². The van der Waals surface area contributed by atoms with Crippen molar-refractivity contribution in [3.05, 3.63) is 53.4 Å². The Labute approximate surface area is 148 Å². The van der Waals surface area contributed by atoms with Crippen LogP contribution in [0.4, 0.5) is 5.13 Å². The second-order valence-corrected chi connectivity index (χ2v) is 6.11. The van der Waals surface area contributed by atoms with Crippen molar-refractivity contribution in [3.8, 4) is 28.5 Å². The molecule has 1 aliphatic rings. The van der Waals surface area contributed by atoms with Crippen molar-refractivity contribution in [2.75, 3.05) is 19.3 Å². The molecule has 0 fully saturated rings. The molecule has 0 atom stereocenters. The second kappa shape index (κ2) is 6.82. The number of nitrogens with one attached hydrogen (secondary N) is 1. The molecule has 0 radical (unpaired) electrons. The van der Waals surface area contributed by atoms with Crippen LogP contribution in [0.25, 0.3) is 11.3 Å². The molecular formula is C18H15N3O3S. The summed E-state index contributed by atoms with van der Waals surface area (Å²) in [4.78, 5) is 4.54. The Balaban J connectivity index is 1.43. The number of rotatable bonds is 5. The number of fused-ring (bicyclic) bond motifs is 1. The maximum atomic E-state index is 5.40. The van der Waals surface area contributed by atoms with Crippen molar-refractivity contribution in [1.82, 2.24) is 4.98 Å². The number of hydrazone groups is 1. The molecule has 0 amide bonds. The summed E-state index contributed by atoms with van der Waals surface area (Å²) >= 11 is 1.49. The van der Waals surface area contributed by atoms with Crippen LogP contribution in [0.1, 0.15) is 5.56 Å². The average molecular weight is 353 g/mol. The number of aromatic nitrogens is 1. The van der Waals surface area contributed by atoms with Crippen LogP contribution in [0.2, 0.25) is 0 Å². The van der Waals surface area contributed by atoms with Crippen LogP contribution >= 0.6 is 11.3 Å². The number of methoxy groups -OCH3 is 1. The summed E-state index contributed by atoms with van der Waals surface area (Å²) in [7, 11) is 1.64. The Hall–Kier alpha value is -3.06. The van der Waals surface area contributed by atoms with Gasteiger partial charge in [0.2, 0.25) is 11.9 Å². The van der Waals surface area contributed by atoms with Gasteiger partial charge in [0.25, 0.3) is 0 Å².